The summed E-state index contributed by atoms with van der Waals surface area (Å²) in [6.45, 7) is 4.33. The van der Waals surface area contributed by atoms with Gasteiger partial charge in [-0.05, 0) is 84.5 Å². The number of fused-ring (bicyclic) bond motifs is 1. The number of aryl methyl sites for hydroxylation is 2. The van der Waals surface area contributed by atoms with Gasteiger partial charge in [-0.3, -0.25) is 0 Å². The molecular weight excluding hydrogens is 522 g/mol. The lowest BCUT2D eigenvalue weighted by atomic mass is 10.1. The Morgan fingerprint density at radius 3 is 1.89 bits per heavy atom. The molecule has 0 atom stereocenters. The number of ether oxygens (including phenoxy) is 2. The molecule has 0 unspecified atom stereocenters. The standard InChI is InChI=1S/C33H32BrNO2/c1-25-31-22-30(37-24-27-12-6-3-7-13-27)18-19-32(31)35(21-9-8-20-34)33(25)28-14-16-29(17-15-28)36-23-26-10-4-2-5-11-26/h2-7,10-19,22H,8-9,20-21,23-24H2,1H3. The second kappa shape index (κ2) is 12.2. The van der Waals surface area contributed by atoms with Gasteiger partial charge in [0.25, 0.3) is 0 Å². The molecule has 0 spiro atoms. The smallest absolute Gasteiger partial charge is 0.120 e. The monoisotopic (exact) mass is 553 g/mol. The maximum Gasteiger partial charge on any atom is 0.120 e. The molecule has 0 saturated carbocycles. The summed E-state index contributed by atoms with van der Waals surface area (Å²) in [6, 6.07) is 35.6. The van der Waals surface area contributed by atoms with Crippen molar-refractivity contribution in [1.82, 2.24) is 4.57 Å². The van der Waals surface area contributed by atoms with Crippen molar-refractivity contribution in [3.05, 3.63) is 120 Å². The first kappa shape index (κ1) is 25.2. The minimum Gasteiger partial charge on any atom is -0.489 e. The average Bonchev–Trinajstić information content (AvgIpc) is 3.23. The zero-order valence-corrected chi connectivity index (χ0v) is 22.8. The Morgan fingerprint density at radius 1 is 0.676 bits per heavy atom. The van der Waals surface area contributed by atoms with Gasteiger partial charge < -0.3 is 14.0 Å². The average molecular weight is 555 g/mol. The minimum atomic E-state index is 0.564. The van der Waals surface area contributed by atoms with E-state index in [0.717, 1.165) is 36.2 Å². The summed E-state index contributed by atoms with van der Waals surface area (Å²) in [5.74, 6) is 1.78. The highest BCUT2D eigenvalue weighted by Crippen LogP contribution is 2.36. The van der Waals surface area contributed by atoms with Crippen LogP contribution in [0, 0.1) is 6.92 Å². The molecule has 5 aromatic rings. The van der Waals surface area contributed by atoms with Crippen molar-refractivity contribution in [2.24, 2.45) is 0 Å². The lowest BCUT2D eigenvalue weighted by Crippen LogP contribution is -2.01. The number of nitrogens with zero attached hydrogens (tertiary/aromatic N) is 1. The molecule has 0 bridgehead atoms. The number of unbranched alkanes of at least 4 members (excludes halogenated alkanes) is 1. The van der Waals surface area contributed by atoms with Crippen LogP contribution in [-0.4, -0.2) is 9.90 Å². The summed E-state index contributed by atoms with van der Waals surface area (Å²) >= 11 is 3.59. The Labute approximate surface area is 227 Å². The van der Waals surface area contributed by atoms with Gasteiger partial charge in [0.05, 0.1) is 5.69 Å². The van der Waals surface area contributed by atoms with E-state index in [0.29, 0.717) is 13.2 Å². The maximum atomic E-state index is 6.16. The second-order valence-corrected chi connectivity index (χ2v) is 10.1. The van der Waals surface area contributed by atoms with Crippen molar-refractivity contribution < 1.29 is 9.47 Å². The molecule has 0 N–H and O–H groups in total. The molecule has 1 heterocycles. The van der Waals surface area contributed by atoms with Gasteiger partial charge in [0, 0.05) is 22.8 Å². The third kappa shape index (κ3) is 6.08. The summed E-state index contributed by atoms with van der Waals surface area (Å²) in [6.07, 6.45) is 2.26. The van der Waals surface area contributed by atoms with Crippen LogP contribution in [0.5, 0.6) is 11.5 Å². The number of benzene rings is 4. The Morgan fingerprint density at radius 2 is 1.27 bits per heavy atom. The number of aromatic nitrogens is 1. The van der Waals surface area contributed by atoms with Crippen molar-refractivity contribution in [1.29, 1.82) is 0 Å². The van der Waals surface area contributed by atoms with Crippen molar-refractivity contribution in [3.8, 4) is 22.8 Å². The molecule has 5 rings (SSSR count). The fourth-order valence-electron chi connectivity index (χ4n) is 4.75. The molecule has 188 valence electrons. The summed E-state index contributed by atoms with van der Waals surface area (Å²) in [5.41, 5.74) is 7.32. The highest BCUT2D eigenvalue weighted by molar-refractivity contribution is 9.09. The molecule has 0 radical (unpaired) electrons. The van der Waals surface area contributed by atoms with Crippen LogP contribution in [0.2, 0.25) is 0 Å². The first-order valence-electron chi connectivity index (χ1n) is 12.9. The molecule has 0 aliphatic heterocycles. The van der Waals surface area contributed by atoms with Crippen molar-refractivity contribution >= 4 is 26.8 Å². The lowest BCUT2D eigenvalue weighted by Gasteiger charge is -2.13. The summed E-state index contributed by atoms with van der Waals surface area (Å²) < 4.78 is 14.7. The molecular formula is C33H32BrNO2. The van der Waals surface area contributed by atoms with E-state index in [1.165, 1.54) is 38.9 Å². The summed E-state index contributed by atoms with van der Waals surface area (Å²) in [5, 5.41) is 2.26. The largest absolute Gasteiger partial charge is 0.489 e. The molecule has 4 heteroatoms. The lowest BCUT2D eigenvalue weighted by molar-refractivity contribution is 0.306. The molecule has 4 aromatic carbocycles. The Bertz CT molecular complexity index is 1430. The van der Waals surface area contributed by atoms with Crippen LogP contribution >= 0.6 is 15.9 Å². The quantitative estimate of drug-likeness (QED) is 0.120. The van der Waals surface area contributed by atoms with Crippen LogP contribution < -0.4 is 9.47 Å². The Kier molecular flexibility index (Phi) is 8.27. The minimum absolute atomic E-state index is 0.564. The van der Waals surface area contributed by atoms with Crippen LogP contribution in [0.4, 0.5) is 0 Å². The molecule has 0 aliphatic rings. The summed E-state index contributed by atoms with van der Waals surface area (Å²) in [4.78, 5) is 0. The number of hydrogen-bond acceptors (Lipinski definition) is 2. The molecule has 3 nitrogen and oxygen atoms in total. The van der Waals surface area contributed by atoms with Crippen molar-refractivity contribution in [3.63, 3.8) is 0 Å². The van der Waals surface area contributed by atoms with Crippen molar-refractivity contribution in [2.75, 3.05) is 5.33 Å². The Balaban J connectivity index is 1.42. The second-order valence-electron chi connectivity index (χ2n) is 9.27. The third-order valence-electron chi connectivity index (χ3n) is 6.68. The molecule has 37 heavy (non-hydrogen) atoms. The van der Waals surface area contributed by atoms with Crippen LogP contribution in [0.1, 0.15) is 29.5 Å². The third-order valence-corrected chi connectivity index (χ3v) is 7.24. The van der Waals surface area contributed by atoms with E-state index in [9.17, 15) is 0 Å². The van der Waals surface area contributed by atoms with E-state index in [2.05, 4.69) is 94.2 Å². The van der Waals surface area contributed by atoms with Gasteiger partial charge in [-0.2, -0.15) is 0 Å². The Hall–Kier alpha value is -3.50. The molecule has 0 aliphatic carbocycles. The van der Waals surface area contributed by atoms with E-state index < -0.39 is 0 Å². The van der Waals surface area contributed by atoms with Gasteiger partial charge in [0.15, 0.2) is 0 Å². The van der Waals surface area contributed by atoms with Gasteiger partial charge in [-0.25, -0.2) is 0 Å². The van der Waals surface area contributed by atoms with Crippen molar-refractivity contribution in [2.45, 2.75) is 39.5 Å². The molecule has 0 saturated heterocycles. The molecule has 0 amide bonds. The van der Waals surface area contributed by atoms with Gasteiger partial charge in [-0.1, -0.05) is 76.6 Å². The van der Waals surface area contributed by atoms with Crippen LogP contribution in [0.3, 0.4) is 0 Å². The van der Waals surface area contributed by atoms with E-state index in [-0.39, 0.29) is 0 Å². The normalized spacial score (nSPS) is 11.1. The van der Waals surface area contributed by atoms with Gasteiger partial charge >= 0.3 is 0 Å². The van der Waals surface area contributed by atoms with E-state index in [1.54, 1.807) is 0 Å². The van der Waals surface area contributed by atoms with Gasteiger partial charge in [-0.15, -0.1) is 0 Å². The van der Waals surface area contributed by atoms with Gasteiger partial charge in [0.2, 0.25) is 0 Å². The zero-order chi connectivity index (χ0) is 25.5. The first-order valence-corrected chi connectivity index (χ1v) is 14.0. The van der Waals surface area contributed by atoms with Crippen LogP contribution in [0.15, 0.2) is 103 Å². The highest BCUT2D eigenvalue weighted by atomic mass is 79.9. The fraction of sp³-hybridized carbons (Fsp3) is 0.212. The number of alkyl halides is 1. The van der Waals surface area contributed by atoms with Crippen LogP contribution in [-0.2, 0) is 19.8 Å². The first-order chi connectivity index (χ1) is 18.2. The number of rotatable bonds is 11. The fourth-order valence-corrected chi connectivity index (χ4v) is 5.15. The predicted molar refractivity (Wildman–Crippen MR) is 157 cm³/mol. The van der Waals surface area contributed by atoms with E-state index in [4.69, 9.17) is 9.47 Å². The zero-order valence-electron chi connectivity index (χ0n) is 21.2. The highest BCUT2D eigenvalue weighted by Gasteiger charge is 2.17. The molecule has 1 aromatic heterocycles. The maximum absolute atomic E-state index is 6.16. The van der Waals surface area contributed by atoms with Crippen LogP contribution in [0.25, 0.3) is 22.2 Å². The number of halogens is 1. The molecule has 0 fully saturated rings. The predicted octanol–water partition coefficient (Wildman–Crippen LogP) is 8.95. The summed E-state index contributed by atoms with van der Waals surface area (Å²) in [7, 11) is 0. The van der Waals surface area contributed by atoms with E-state index in [1.807, 2.05) is 36.4 Å². The topological polar surface area (TPSA) is 23.4 Å². The number of hydrogen-bond donors (Lipinski definition) is 0. The SMILES string of the molecule is Cc1c(-c2ccc(OCc3ccccc3)cc2)n(CCCCBr)c2ccc(OCc3ccccc3)cc12. The van der Waals surface area contributed by atoms with Gasteiger partial charge in [0.1, 0.15) is 24.7 Å². The van der Waals surface area contributed by atoms with E-state index >= 15 is 0 Å².